The summed E-state index contributed by atoms with van der Waals surface area (Å²) in [6, 6.07) is 14.6. The summed E-state index contributed by atoms with van der Waals surface area (Å²) in [4.78, 5) is 32.8. The van der Waals surface area contributed by atoms with Crippen molar-refractivity contribution in [3.8, 4) is 0 Å². The number of amides is 3. The van der Waals surface area contributed by atoms with Gasteiger partial charge in [0.15, 0.2) is 0 Å². The fourth-order valence-corrected chi connectivity index (χ4v) is 4.00. The van der Waals surface area contributed by atoms with E-state index in [4.69, 9.17) is 5.73 Å². The van der Waals surface area contributed by atoms with E-state index in [0.29, 0.717) is 47.7 Å². The Morgan fingerprint density at radius 1 is 1.06 bits per heavy atom. The van der Waals surface area contributed by atoms with Crippen LogP contribution in [-0.2, 0) is 4.79 Å². The molecule has 0 aromatic heterocycles. The molecule has 174 valence electrons. The highest BCUT2D eigenvalue weighted by molar-refractivity contribution is 6.20. The number of urea groups is 1. The van der Waals surface area contributed by atoms with E-state index in [1.54, 1.807) is 48.5 Å². The Kier molecular flexibility index (Phi) is 6.37. The van der Waals surface area contributed by atoms with E-state index in [2.05, 4.69) is 10.3 Å². The molecule has 4 rings (SSSR count). The molecule has 1 saturated heterocycles. The number of fused-ring (bicyclic) bond motifs is 1. The minimum atomic E-state index is -4.64. The van der Waals surface area contributed by atoms with Gasteiger partial charge in [0, 0.05) is 30.3 Å². The number of alkyl halides is 3. The normalized spacial score (nSPS) is 19.6. The number of hydrogen-bond acceptors (Lipinski definition) is 4. The number of carbonyl (C=O) groups excluding carboxylic acids is 2. The second kappa shape index (κ2) is 9.22. The van der Waals surface area contributed by atoms with Crippen LogP contribution in [0.15, 0.2) is 59.6 Å². The summed E-state index contributed by atoms with van der Waals surface area (Å²) in [5.41, 5.74) is 7.30. The number of para-hydroxylation sites is 1. The number of rotatable bonds is 3. The molecule has 10 heteroatoms. The van der Waals surface area contributed by atoms with Gasteiger partial charge in [-0.25, -0.2) is 9.79 Å². The van der Waals surface area contributed by atoms with E-state index in [1.807, 2.05) is 0 Å². The lowest BCUT2D eigenvalue weighted by molar-refractivity contribution is -0.133. The van der Waals surface area contributed by atoms with Gasteiger partial charge >= 0.3 is 12.2 Å². The van der Waals surface area contributed by atoms with Crippen LogP contribution >= 0.6 is 0 Å². The Morgan fingerprint density at radius 2 is 1.70 bits per heavy atom. The zero-order valence-electron chi connectivity index (χ0n) is 17.8. The van der Waals surface area contributed by atoms with Crippen molar-refractivity contribution in [2.24, 2.45) is 10.7 Å². The molecular formula is C23H24F3N5O2. The number of benzodiazepines with no additional fused rings is 1. The zero-order valence-corrected chi connectivity index (χ0v) is 17.8. The lowest BCUT2D eigenvalue weighted by Crippen LogP contribution is -2.54. The Hall–Kier alpha value is -3.40. The summed E-state index contributed by atoms with van der Waals surface area (Å²) in [7, 11) is 0. The maximum Gasteiger partial charge on any atom is 0.406 e. The molecular weight excluding hydrogens is 435 g/mol. The molecule has 0 unspecified atom stereocenters. The van der Waals surface area contributed by atoms with Crippen LogP contribution in [-0.4, -0.2) is 60.6 Å². The maximum absolute atomic E-state index is 13.4. The highest BCUT2D eigenvalue weighted by Gasteiger charge is 2.40. The number of benzene rings is 2. The standard InChI is InChI=1S/C23H24F3N5O2/c24-23(25,26)14-31-18-9-5-4-8-17(18)19(15-6-2-1-3-7-15)28-20(21(31)32)29-22(33)30-12-10-16(27)11-13-30/h1-9,16,20H,10-14,27H2,(H,29,33)/t20-/m0/s1. The van der Waals surface area contributed by atoms with Gasteiger partial charge in [-0.15, -0.1) is 0 Å². The molecule has 1 fully saturated rings. The van der Waals surface area contributed by atoms with Crippen molar-refractivity contribution >= 4 is 23.3 Å². The lowest BCUT2D eigenvalue weighted by atomic mass is 10.0. The third-order valence-electron chi connectivity index (χ3n) is 5.68. The summed E-state index contributed by atoms with van der Waals surface area (Å²) >= 11 is 0. The molecule has 2 heterocycles. The molecule has 0 spiro atoms. The number of likely N-dealkylation sites (tertiary alicyclic amines) is 1. The second-order valence-corrected chi connectivity index (χ2v) is 8.08. The molecule has 0 aliphatic carbocycles. The molecule has 2 aliphatic rings. The summed E-state index contributed by atoms with van der Waals surface area (Å²) in [5.74, 6) is -0.951. The smallest absolute Gasteiger partial charge is 0.328 e. The first-order chi connectivity index (χ1) is 15.7. The van der Waals surface area contributed by atoms with Gasteiger partial charge in [-0.1, -0.05) is 48.5 Å². The van der Waals surface area contributed by atoms with Crippen molar-refractivity contribution in [2.75, 3.05) is 24.5 Å². The Balaban J connectivity index is 1.75. The number of carbonyl (C=O) groups is 2. The average Bonchev–Trinajstić information content (AvgIpc) is 2.90. The minimum absolute atomic E-state index is 0.00644. The van der Waals surface area contributed by atoms with E-state index >= 15 is 0 Å². The first kappa shape index (κ1) is 22.8. The fraction of sp³-hybridized carbons (Fsp3) is 0.348. The molecule has 2 aromatic carbocycles. The molecule has 3 amide bonds. The first-order valence-electron chi connectivity index (χ1n) is 10.6. The number of piperidine rings is 1. The molecule has 7 nitrogen and oxygen atoms in total. The topological polar surface area (TPSA) is 91.0 Å². The molecule has 33 heavy (non-hydrogen) atoms. The summed E-state index contributed by atoms with van der Waals surface area (Å²) in [6.45, 7) is -0.698. The van der Waals surface area contributed by atoms with E-state index in [9.17, 15) is 22.8 Å². The van der Waals surface area contributed by atoms with Crippen LogP contribution in [0.3, 0.4) is 0 Å². The van der Waals surface area contributed by atoms with Crippen LogP contribution in [0.25, 0.3) is 0 Å². The SMILES string of the molecule is NC1CCN(C(=O)N[C@@H]2N=C(c3ccccc3)c3ccccc3N(CC(F)(F)F)C2=O)CC1. The van der Waals surface area contributed by atoms with Gasteiger partial charge in [0.05, 0.1) is 11.4 Å². The zero-order chi connectivity index (χ0) is 23.6. The molecule has 2 aromatic rings. The number of aliphatic imine (C=N–C) groups is 1. The molecule has 0 radical (unpaired) electrons. The summed E-state index contributed by atoms with van der Waals surface area (Å²) in [6.07, 6.45) is -4.94. The van der Waals surface area contributed by atoms with Gasteiger partial charge in [0.2, 0.25) is 6.17 Å². The summed E-state index contributed by atoms with van der Waals surface area (Å²) < 4.78 is 40.3. The highest BCUT2D eigenvalue weighted by Crippen LogP contribution is 2.31. The largest absolute Gasteiger partial charge is 0.406 e. The monoisotopic (exact) mass is 459 g/mol. The quantitative estimate of drug-likeness (QED) is 0.740. The molecule has 0 bridgehead atoms. The number of halogens is 3. The molecule has 2 aliphatic heterocycles. The predicted octanol–water partition coefficient (Wildman–Crippen LogP) is 2.89. The average molecular weight is 459 g/mol. The van der Waals surface area contributed by atoms with Gasteiger partial charge < -0.3 is 16.0 Å². The molecule has 1 atom stereocenters. The third-order valence-corrected chi connectivity index (χ3v) is 5.68. The van der Waals surface area contributed by atoms with Crippen LogP contribution < -0.4 is 16.0 Å². The van der Waals surface area contributed by atoms with Crippen molar-refractivity contribution in [3.05, 3.63) is 65.7 Å². The number of nitrogens with one attached hydrogen (secondary N) is 1. The van der Waals surface area contributed by atoms with Crippen LogP contribution in [0.5, 0.6) is 0 Å². The molecule has 3 N–H and O–H groups in total. The van der Waals surface area contributed by atoms with Crippen molar-refractivity contribution in [1.29, 1.82) is 0 Å². The Morgan fingerprint density at radius 3 is 2.36 bits per heavy atom. The van der Waals surface area contributed by atoms with E-state index in [1.165, 1.54) is 11.0 Å². The number of nitrogens with zero attached hydrogens (tertiary/aromatic N) is 3. The Labute approximate surface area is 189 Å². The van der Waals surface area contributed by atoms with E-state index < -0.39 is 30.8 Å². The van der Waals surface area contributed by atoms with Crippen LogP contribution in [0, 0.1) is 0 Å². The minimum Gasteiger partial charge on any atom is -0.328 e. The maximum atomic E-state index is 13.4. The van der Waals surface area contributed by atoms with Crippen molar-refractivity contribution < 1.29 is 22.8 Å². The van der Waals surface area contributed by atoms with Gasteiger partial charge in [-0.2, -0.15) is 13.2 Å². The highest BCUT2D eigenvalue weighted by atomic mass is 19.4. The van der Waals surface area contributed by atoms with E-state index in [-0.39, 0.29) is 11.7 Å². The fourth-order valence-electron chi connectivity index (χ4n) is 4.00. The first-order valence-corrected chi connectivity index (χ1v) is 10.6. The second-order valence-electron chi connectivity index (χ2n) is 8.08. The number of nitrogens with two attached hydrogens (primary N) is 1. The summed E-state index contributed by atoms with van der Waals surface area (Å²) in [5, 5.41) is 2.54. The molecule has 0 saturated carbocycles. The number of hydrogen-bond donors (Lipinski definition) is 2. The number of anilines is 1. The predicted molar refractivity (Wildman–Crippen MR) is 118 cm³/mol. The third kappa shape index (κ3) is 5.16. The lowest BCUT2D eigenvalue weighted by Gasteiger charge is -2.31. The van der Waals surface area contributed by atoms with E-state index in [0.717, 1.165) is 0 Å². The van der Waals surface area contributed by atoms with Crippen LogP contribution in [0.2, 0.25) is 0 Å². The Bertz CT molecular complexity index is 1050. The van der Waals surface area contributed by atoms with Crippen molar-refractivity contribution in [2.45, 2.75) is 31.2 Å². The van der Waals surface area contributed by atoms with Gasteiger partial charge in [0.1, 0.15) is 6.54 Å². The van der Waals surface area contributed by atoms with Gasteiger partial charge in [0.25, 0.3) is 5.91 Å². The van der Waals surface area contributed by atoms with Crippen LogP contribution in [0.4, 0.5) is 23.7 Å². The van der Waals surface area contributed by atoms with Crippen molar-refractivity contribution in [1.82, 2.24) is 10.2 Å². The van der Waals surface area contributed by atoms with Crippen molar-refractivity contribution in [3.63, 3.8) is 0 Å². The van der Waals surface area contributed by atoms with Gasteiger partial charge in [-0.05, 0) is 18.9 Å². The van der Waals surface area contributed by atoms with Crippen LogP contribution in [0.1, 0.15) is 24.0 Å². The van der Waals surface area contributed by atoms with Gasteiger partial charge in [-0.3, -0.25) is 9.69 Å².